The van der Waals surface area contributed by atoms with Crippen LogP contribution in [0.25, 0.3) is 16.7 Å². The van der Waals surface area contributed by atoms with E-state index in [2.05, 4.69) is 30.6 Å². The zero-order valence-corrected chi connectivity index (χ0v) is 18.0. The molecule has 0 aliphatic rings. The van der Waals surface area contributed by atoms with Crippen molar-refractivity contribution in [2.45, 2.75) is 31.1 Å². The smallest absolute Gasteiger partial charge is 0.202 e. The lowest BCUT2D eigenvalue weighted by Crippen LogP contribution is -2.14. The zero-order valence-electron chi connectivity index (χ0n) is 16.4. The van der Waals surface area contributed by atoms with Gasteiger partial charge in [-0.05, 0) is 42.5 Å². The molecule has 4 aromatic rings. The SMILES string of the molecule is CC(C)(C)c1ccc2c(N[S+]([O-])c3ccccc3)nn(-c3cccc(Cl)c3)c2n1. The third-order valence-corrected chi connectivity index (χ3v) is 5.81. The van der Waals surface area contributed by atoms with Crippen LogP contribution in [-0.4, -0.2) is 19.3 Å². The van der Waals surface area contributed by atoms with Crippen molar-refractivity contribution >= 4 is 39.8 Å². The summed E-state index contributed by atoms with van der Waals surface area (Å²) < 4.78 is 17.6. The summed E-state index contributed by atoms with van der Waals surface area (Å²) in [7, 11) is 0. The van der Waals surface area contributed by atoms with Crippen molar-refractivity contribution in [1.29, 1.82) is 0 Å². The summed E-state index contributed by atoms with van der Waals surface area (Å²) in [5.41, 5.74) is 2.31. The van der Waals surface area contributed by atoms with Gasteiger partial charge >= 0.3 is 0 Å². The Morgan fingerprint density at radius 1 is 1.00 bits per heavy atom. The minimum absolute atomic E-state index is 0.113. The van der Waals surface area contributed by atoms with Crippen LogP contribution in [0, 0.1) is 0 Å². The van der Waals surface area contributed by atoms with E-state index < -0.39 is 11.4 Å². The van der Waals surface area contributed by atoms with Crippen LogP contribution >= 0.6 is 11.6 Å². The monoisotopic (exact) mass is 424 g/mol. The summed E-state index contributed by atoms with van der Waals surface area (Å²) in [6, 6.07) is 20.6. The number of anilines is 1. The van der Waals surface area contributed by atoms with Gasteiger partial charge in [0, 0.05) is 16.1 Å². The number of halogens is 1. The molecular weight excluding hydrogens is 404 g/mol. The Hall–Kier alpha value is -2.54. The molecule has 0 radical (unpaired) electrons. The highest BCUT2D eigenvalue weighted by atomic mass is 35.5. The molecule has 0 aliphatic heterocycles. The summed E-state index contributed by atoms with van der Waals surface area (Å²) >= 11 is 4.76. The van der Waals surface area contributed by atoms with E-state index in [-0.39, 0.29) is 5.41 Å². The van der Waals surface area contributed by atoms with E-state index in [0.717, 1.165) is 16.8 Å². The van der Waals surface area contributed by atoms with Crippen LogP contribution < -0.4 is 4.72 Å². The third kappa shape index (κ3) is 4.10. The average molecular weight is 425 g/mol. The number of hydrogen-bond donors (Lipinski definition) is 1. The second kappa shape index (κ2) is 7.71. The lowest BCUT2D eigenvalue weighted by atomic mass is 9.91. The molecule has 5 nitrogen and oxygen atoms in total. The predicted molar refractivity (Wildman–Crippen MR) is 119 cm³/mol. The zero-order chi connectivity index (χ0) is 20.6. The van der Waals surface area contributed by atoms with Crippen molar-refractivity contribution in [3.05, 3.63) is 77.4 Å². The van der Waals surface area contributed by atoms with Gasteiger partial charge in [0.15, 0.2) is 10.5 Å². The lowest BCUT2D eigenvalue weighted by Gasteiger charge is -2.17. The summed E-state index contributed by atoms with van der Waals surface area (Å²) in [6.45, 7) is 6.35. The first-order valence-corrected chi connectivity index (χ1v) is 10.8. The highest BCUT2D eigenvalue weighted by Crippen LogP contribution is 2.30. The fourth-order valence-electron chi connectivity index (χ4n) is 2.97. The van der Waals surface area contributed by atoms with Crippen LogP contribution in [0.2, 0.25) is 5.02 Å². The summed E-state index contributed by atoms with van der Waals surface area (Å²) in [5.74, 6) is 0.509. The minimum atomic E-state index is -1.44. The number of hydrogen-bond acceptors (Lipinski definition) is 4. The molecule has 4 rings (SSSR count). The number of fused-ring (bicyclic) bond motifs is 1. The largest absolute Gasteiger partial charge is 0.588 e. The third-order valence-electron chi connectivity index (χ3n) is 4.50. The van der Waals surface area contributed by atoms with Gasteiger partial charge in [0.05, 0.1) is 11.1 Å². The quantitative estimate of drug-likeness (QED) is 0.439. The van der Waals surface area contributed by atoms with Crippen LogP contribution in [0.15, 0.2) is 71.6 Å². The fraction of sp³-hybridized carbons (Fsp3) is 0.182. The number of aromatic nitrogens is 3. The van der Waals surface area contributed by atoms with E-state index in [0.29, 0.717) is 21.4 Å². The molecular formula is C22H21ClN4OS. The standard InChI is InChI=1S/C22H21ClN4OS/c1-22(2,3)19-13-12-18-20(26-29(28)17-10-5-4-6-11-17)25-27(21(18)24-19)16-9-7-8-15(23)14-16/h4-14H,1-3H3,(H,25,26). The maximum Gasteiger partial charge on any atom is 0.202 e. The fourth-order valence-corrected chi connectivity index (χ4v) is 4.00. The van der Waals surface area contributed by atoms with E-state index in [1.165, 1.54) is 0 Å². The molecule has 0 bridgehead atoms. The molecule has 1 atom stereocenters. The Labute approximate surface area is 178 Å². The van der Waals surface area contributed by atoms with E-state index in [1.54, 1.807) is 4.68 Å². The highest BCUT2D eigenvalue weighted by Gasteiger charge is 2.22. The molecule has 148 valence electrons. The number of benzene rings is 2. The van der Waals surface area contributed by atoms with Crippen LogP contribution in [0.3, 0.4) is 0 Å². The van der Waals surface area contributed by atoms with E-state index in [1.807, 2.05) is 66.7 Å². The maximum absolute atomic E-state index is 12.8. The van der Waals surface area contributed by atoms with Crippen molar-refractivity contribution < 1.29 is 4.55 Å². The second-order valence-electron chi connectivity index (χ2n) is 7.74. The van der Waals surface area contributed by atoms with E-state index in [4.69, 9.17) is 16.6 Å². The second-order valence-corrected chi connectivity index (χ2v) is 9.39. The Morgan fingerprint density at radius 2 is 1.76 bits per heavy atom. The van der Waals surface area contributed by atoms with Crippen LogP contribution in [0.5, 0.6) is 0 Å². The van der Waals surface area contributed by atoms with Gasteiger partial charge in [-0.25, -0.2) is 9.67 Å². The normalized spacial score (nSPS) is 12.9. The van der Waals surface area contributed by atoms with Gasteiger partial charge in [-0.3, -0.25) is 0 Å². The van der Waals surface area contributed by atoms with Crippen LogP contribution in [-0.2, 0) is 16.8 Å². The number of nitrogens with zero attached hydrogens (tertiary/aromatic N) is 3. The van der Waals surface area contributed by atoms with Gasteiger partial charge in [-0.15, -0.1) is 5.10 Å². The van der Waals surface area contributed by atoms with Crippen LogP contribution in [0.4, 0.5) is 5.82 Å². The Morgan fingerprint density at radius 3 is 2.45 bits per heavy atom. The van der Waals surface area contributed by atoms with Crippen molar-refractivity contribution in [3.8, 4) is 5.69 Å². The van der Waals surface area contributed by atoms with Gasteiger partial charge in [-0.1, -0.05) is 56.6 Å². The molecule has 7 heteroatoms. The number of rotatable bonds is 4. The molecule has 1 N–H and O–H groups in total. The van der Waals surface area contributed by atoms with Gasteiger partial charge in [0.1, 0.15) is 11.4 Å². The number of nitrogens with one attached hydrogen (secondary N) is 1. The van der Waals surface area contributed by atoms with Gasteiger partial charge in [0.2, 0.25) is 5.82 Å². The molecule has 0 saturated heterocycles. The Bertz CT molecular complexity index is 1150. The topological polar surface area (TPSA) is 65.8 Å². The van der Waals surface area contributed by atoms with Gasteiger partial charge in [0.25, 0.3) is 0 Å². The van der Waals surface area contributed by atoms with Crippen molar-refractivity contribution in [1.82, 2.24) is 14.8 Å². The van der Waals surface area contributed by atoms with E-state index in [9.17, 15) is 4.55 Å². The van der Waals surface area contributed by atoms with Crippen molar-refractivity contribution in [3.63, 3.8) is 0 Å². The predicted octanol–water partition coefficient (Wildman–Crippen LogP) is 5.51. The summed E-state index contributed by atoms with van der Waals surface area (Å²) in [5, 5.41) is 6.09. The molecule has 29 heavy (non-hydrogen) atoms. The molecule has 0 aliphatic carbocycles. The summed E-state index contributed by atoms with van der Waals surface area (Å²) in [4.78, 5) is 5.55. The first-order valence-electron chi connectivity index (χ1n) is 9.22. The average Bonchev–Trinajstić information content (AvgIpc) is 3.06. The molecule has 1 unspecified atom stereocenters. The van der Waals surface area contributed by atoms with Crippen molar-refractivity contribution in [2.24, 2.45) is 0 Å². The Kier molecular flexibility index (Phi) is 5.25. The van der Waals surface area contributed by atoms with Crippen molar-refractivity contribution in [2.75, 3.05) is 4.72 Å². The molecule has 0 fully saturated rings. The van der Waals surface area contributed by atoms with E-state index >= 15 is 0 Å². The lowest BCUT2D eigenvalue weighted by molar-refractivity contribution is 0.570. The molecule has 2 aromatic carbocycles. The first-order chi connectivity index (χ1) is 13.8. The first kappa shape index (κ1) is 19.8. The van der Waals surface area contributed by atoms with Crippen LogP contribution in [0.1, 0.15) is 26.5 Å². The molecule has 0 saturated carbocycles. The number of pyridine rings is 1. The van der Waals surface area contributed by atoms with Gasteiger partial charge < -0.3 is 4.55 Å². The molecule has 0 spiro atoms. The summed E-state index contributed by atoms with van der Waals surface area (Å²) in [6.07, 6.45) is 0. The maximum atomic E-state index is 12.8. The Balaban J connectivity index is 1.85. The molecule has 0 amide bonds. The minimum Gasteiger partial charge on any atom is -0.588 e. The van der Waals surface area contributed by atoms with Gasteiger partial charge in [-0.2, -0.15) is 4.72 Å². The molecule has 2 heterocycles. The molecule has 2 aromatic heterocycles. The highest BCUT2D eigenvalue weighted by molar-refractivity contribution is 7.92.